The molecule has 2 aromatic rings. The van der Waals surface area contributed by atoms with Crippen molar-refractivity contribution in [3.8, 4) is 0 Å². The summed E-state index contributed by atoms with van der Waals surface area (Å²) < 4.78 is 4.71. The molecule has 0 unspecified atom stereocenters. The predicted octanol–water partition coefficient (Wildman–Crippen LogP) is 3.69. The molecule has 0 radical (unpaired) electrons. The summed E-state index contributed by atoms with van der Waals surface area (Å²) in [5, 5.41) is 3.13. The molecule has 0 atom stereocenters. The molecule has 0 heterocycles. The quantitative estimate of drug-likeness (QED) is 0.880. The molecule has 0 spiro atoms. The van der Waals surface area contributed by atoms with Gasteiger partial charge in [-0.05, 0) is 36.8 Å². The SMILES string of the molecule is COC(=O)c1cccc(NC(=O)c2ccccc2Cl)c1C. The second-order valence-electron chi connectivity index (χ2n) is 4.40. The van der Waals surface area contributed by atoms with Gasteiger partial charge >= 0.3 is 5.97 Å². The molecule has 4 nitrogen and oxygen atoms in total. The third-order valence-electron chi connectivity index (χ3n) is 3.11. The van der Waals surface area contributed by atoms with Gasteiger partial charge in [0, 0.05) is 5.69 Å². The zero-order valence-corrected chi connectivity index (χ0v) is 12.4. The molecule has 108 valence electrons. The van der Waals surface area contributed by atoms with Crippen LogP contribution in [0.4, 0.5) is 5.69 Å². The van der Waals surface area contributed by atoms with Crippen molar-refractivity contribution in [2.45, 2.75) is 6.92 Å². The number of rotatable bonds is 3. The normalized spacial score (nSPS) is 10.0. The van der Waals surface area contributed by atoms with E-state index in [2.05, 4.69) is 5.32 Å². The lowest BCUT2D eigenvalue weighted by Gasteiger charge is -2.12. The molecule has 0 aliphatic rings. The van der Waals surface area contributed by atoms with Crippen LogP contribution < -0.4 is 5.32 Å². The van der Waals surface area contributed by atoms with Crippen molar-refractivity contribution in [2.75, 3.05) is 12.4 Å². The predicted molar refractivity (Wildman–Crippen MR) is 81.9 cm³/mol. The Balaban J connectivity index is 2.30. The van der Waals surface area contributed by atoms with Crippen molar-refractivity contribution in [2.24, 2.45) is 0 Å². The van der Waals surface area contributed by atoms with Crippen molar-refractivity contribution >= 4 is 29.2 Å². The number of hydrogen-bond acceptors (Lipinski definition) is 3. The zero-order chi connectivity index (χ0) is 15.4. The summed E-state index contributed by atoms with van der Waals surface area (Å²) in [6, 6.07) is 11.8. The fourth-order valence-electron chi connectivity index (χ4n) is 1.94. The van der Waals surface area contributed by atoms with Crippen molar-refractivity contribution in [1.29, 1.82) is 0 Å². The zero-order valence-electron chi connectivity index (χ0n) is 11.6. The Morgan fingerprint density at radius 3 is 2.38 bits per heavy atom. The molecular weight excluding hydrogens is 290 g/mol. The molecule has 2 rings (SSSR count). The van der Waals surface area contributed by atoms with E-state index >= 15 is 0 Å². The minimum atomic E-state index is -0.443. The van der Waals surface area contributed by atoms with Gasteiger partial charge in [-0.25, -0.2) is 4.79 Å². The third-order valence-corrected chi connectivity index (χ3v) is 3.44. The Morgan fingerprint density at radius 1 is 1.05 bits per heavy atom. The lowest BCUT2D eigenvalue weighted by atomic mass is 10.1. The van der Waals surface area contributed by atoms with E-state index in [-0.39, 0.29) is 5.91 Å². The van der Waals surface area contributed by atoms with Gasteiger partial charge in [-0.3, -0.25) is 4.79 Å². The number of methoxy groups -OCH3 is 1. The smallest absolute Gasteiger partial charge is 0.338 e. The molecule has 0 bridgehead atoms. The number of ether oxygens (including phenoxy) is 1. The number of nitrogens with one attached hydrogen (secondary N) is 1. The second-order valence-corrected chi connectivity index (χ2v) is 4.81. The van der Waals surface area contributed by atoms with Gasteiger partial charge in [0.1, 0.15) is 0 Å². The van der Waals surface area contributed by atoms with Crippen LogP contribution >= 0.6 is 11.6 Å². The number of anilines is 1. The van der Waals surface area contributed by atoms with Crippen molar-refractivity contribution in [1.82, 2.24) is 0 Å². The molecule has 0 aliphatic heterocycles. The first kappa shape index (κ1) is 15.1. The van der Waals surface area contributed by atoms with E-state index < -0.39 is 5.97 Å². The van der Waals surface area contributed by atoms with E-state index in [0.717, 1.165) is 0 Å². The van der Waals surface area contributed by atoms with Gasteiger partial charge in [-0.1, -0.05) is 29.8 Å². The lowest BCUT2D eigenvalue weighted by molar-refractivity contribution is 0.0599. The Kier molecular flexibility index (Phi) is 4.60. The molecule has 0 aromatic heterocycles. The number of hydrogen-bond donors (Lipinski definition) is 1. The molecule has 21 heavy (non-hydrogen) atoms. The molecule has 0 saturated carbocycles. The van der Waals surface area contributed by atoms with Crippen molar-refractivity contribution < 1.29 is 14.3 Å². The Labute approximate surface area is 127 Å². The molecular formula is C16H14ClNO3. The lowest BCUT2D eigenvalue weighted by Crippen LogP contribution is -2.14. The summed E-state index contributed by atoms with van der Waals surface area (Å²) in [5.74, 6) is -0.771. The van der Waals surface area contributed by atoms with Gasteiger partial charge in [-0.15, -0.1) is 0 Å². The molecule has 5 heteroatoms. The highest BCUT2D eigenvalue weighted by atomic mass is 35.5. The van der Waals surface area contributed by atoms with Crippen LogP contribution in [0.3, 0.4) is 0 Å². The summed E-state index contributed by atoms with van der Waals surface area (Å²) in [6.45, 7) is 1.74. The van der Waals surface area contributed by atoms with Gasteiger partial charge < -0.3 is 10.1 Å². The number of carbonyl (C=O) groups excluding carboxylic acids is 2. The van der Waals surface area contributed by atoms with Crippen LogP contribution in [0.15, 0.2) is 42.5 Å². The first-order valence-electron chi connectivity index (χ1n) is 6.28. The van der Waals surface area contributed by atoms with E-state index in [0.29, 0.717) is 27.4 Å². The Morgan fingerprint density at radius 2 is 1.71 bits per heavy atom. The number of esters is 1. The summed E-state index contributed by atoms with van der Waals surface area (Å²) >= 11 is 5.99. The Bertz CT molecular complexity index is 698. The summed E-state index contributed by atoms with van der Waals surface area (Å²) in [6.07, 6.45) is 0. The number of amides is 1. The largest absolute Gasteiger partial charge is 0.465 e. The number of carbonyl (C=O) groups is 2. The van der Waals surface area contributed by atoms with E-state index in [1.165, 1.54) is 7.11 Å². The first-order valence-corrected chi connectivity index (χ1v) is 6.66. The topological polar surface area (TPSA) is 55.4 Å². The maximum atomic E-state index is 12.2. The molecule has 0 fully saturated rings. The highest BCUT2D eigenvalue weighted by molar-refractivity contribution is 6.34. The monoisotopic (exact) mass is 303 g/mol. The standard InChI is InChI=1S/C16H14ClNO3/c1-10-11(16(20)21-2)7-5-9-14(10)18-15(19)12-6-3-4-8-13(12)17/h3-9H,1-2H3,(H,18,19). The highest BCUT2D eigenvalue weighted by Crippen LogP contribution is 2.22. The van der Waals surface area contributed by atoms with Crippen LogP contribution in [0, 0.1) is 6.92 Å². The first-order chi connectivity index (χ1) is 10.0. The van der Waals surface area contributed by atoms with Crippen LogP contribution in [0.1, 0.15) is 26.3 Å². The van der Waals surface area contributed by atoms with Gasteiger partial charge in [0.05, 0.1) is 23.3 Å². The summed E-state index contributed by atoms with van der Waals surface area (Å²) in [7, 11) is 1.32. The molecule has 2 aromatic carbocycles. The van der Waals surface area contributed by atoms with Crippen LogP contribution in [-0.2, 0) is 4.74 Å². The third kappa shape index (κ3) is 3.23. The van der Waals surface area contributed by atoms with Crippen LogP contribution in [0.25, 0.3) is 0 Å². The number of halogens is 1. The Hall–Kier alpha value is -2.33. The van der Waals surface area contributed by atoms with E-state index in [1.807, 2.05) is 0 Å². The molecule has 0 saturated heterocycles. The summed E-state index contributed by atoms with van der Waals surface area (Å²) in [4.78, 5) is 23.9. The van der Waals surface area contributed by atoms with Crippen LogP contribution in [0.5, 0.6) is 0 Å². The fourth-order valence-corrected chi connectivity index (χ4v) is 2.16. The maximum Gasteiger partial charge on any atom is 0.338 e. The highest BCUT2D eigenvalue weighted by Gasteiger charge is 2.15. The van der Waals surface area contributed by atoms with Gasteiger partial charge in [0.2, 0.25) is 0 Å². The average molecular weight is 304 g/mol. The fraction of sp³-hybridized carbons (Fsp3) is 0.125. The minimum Gasteiger partial charge on any atom is -0.465 e. The van der Waals surface area contributed by atoms with E-state index in [9.17, 15) is 9.59 Å². The molecule has 1 amide bonds. The maximum absolute atomic E-state index is 12.2. The second kappa shape index (κ2) is 6.41. The van der Waals surface area contributed by atoms with E-state index in [4.69, 9.17) is 16.3 Å². The number of benzene rings is 2. The van der Waals surface area contributed by atoms with Gasteiger partial charge in [0.25, 0.3) is 5.91 Å². The van der Waals surface area contributed by atoms with E-state index in [1.54, 1.807) is 49.4 Å². The minimum absolute atomic E-state index is 0.328. The van der Waals surface area contributed by atoms with Gasteiger partial charge in [-0.2, -0.15) is 0 Å². The molecule has 1 N–H and O–H groups in total. The molecule has 0 aliphatic carbocycles. The van der Waals surface area contributed by atoms with Crippen LogP contribution in [-0.4, -0.2) is 19.0 Å². The average Bonchev–Trinajstić information content (AvgIpc) is 2.49. The van der Waals surface area contributed by atoms with Crippen molar-refractivity contribution in [3.05, 3.63) is 64.2 Å². The van der Waals surface area contributed by atoms with Crippen molar-refractivity contribution in [3.63, 3.8) is 0 Å². The van der Waals surface area contributed by atoms with Crippen LogP contribution in [0.2, 0.25) is 5.02 Å². The van der Waals surface area contributed by atoms with Gasteiger partial charge in [0.15, 0.2) is 0 Å². The summed E-state index contributed by atoms with van der Waals surface area (Å²) in [5.41, 5.74) is 1.98.